The third-order valence-corrected chi connectivity index (χ3v) is 4.45. The lowest BCUT2D eigenvalue weighted by molar-refractivity contribution is -0.119. The molecule has 0 aliphatic carbocycles. The van der Waals surface area contributed by atoms with E-state index in [1.165, 1.54) is 5.56 Å². The maximum atomic E-state index is 11.9. The largest absolute Gasteiger partial charge is 0.492 e. The lowest BCUT2D eigenvalue weighted by Crippen LogP contribution is -2.34. The van der Waals surface area contributed by atoms with Crippen LogP contribution in [-0.2, 0) is 4.79 Å². The molecule has 2 N–H and O–H groups in total. The molecule has 0 saturated heterocycles. The highest BCUT2D eigenvalue weighted by molar-refractivity contribution is 7.80. The Hall–Kier alpha value is -1.82. The van der Waals surface area contributed by atoms with E-state index in [4.69, 9.17) is 40.2 Å². The quantitative estimate of drug-likeness (QED) is 0.502. The van der Waals surface area contributed by atoms with Crippen molar-refractivity contribution >= 4 is 52.1 Å². The second-order valence-electron chi connectivity index (χ2n) is 5.83. The predicted octanol–water partition coefficient (Wildman–Crippen LogP) is 5.28. The van der Waals surface area contributed by atoms with E-state index in [-0.39, 0.29) is 11.0 Å². The fraction of sp³-hybridized carbons (Fsp3) is 0.263. The van der Waals surface area contributed by atoms with Crippen LogP contribution in [0.1, 0.15) is 24.0 Å². The number of aryl methyl sites for hydroxylation is 2. The SMILES string of the molecule is Cc1ccc(NC(=S)NC(=O)CCCOc2ccc(Cl)cc2Cl)cc1C. The number of carbonyl (C=O) groups excluding carboxylic acids is 1. The number of ether oxygens (including phenoxy) is 1. The maximum Gasteiger partial charge on any atom is 0.226 e. The third kappa shape index (κ3) is 6.48. The molecule has 2 aromatic carbocycles. The van der Waals surface area contributed by atoms with Crippen LogP contribution in [0.2, 0.25) is 10.0 Å². The van der Waals surface area contributed by atoms with Gasteiger partial charge in [0.25, 0.3) is 0 Å². The highest BCUT2D eigenvalue weighted by Gasteiger charge is 2.07. The van der Waals surface area contributed by atoms with Crippen LogP contribution in [-0.4, -0.2) is 17.6 Å². The normalized spacial score (nSPS) is 10.3. The predicted molar refractivity (Wildman–Crippen MR) is 111 cm³/mol. The van der Waals surface area contributed by atoms with Crippen molar-refractivity contribution in [3.63, 3.8) is 0 Å². The molecule has 0 fully saturated rings. The summed E-state index contributed by atoms with van der Waals surface area (Å²) in [6.45, 7) is 4.43. The molecular formula is C19H20Cl2N2O2S. The van der Waals surface area contributed by atoms with Crippen molar-refractivity contribution in [3.05, 3.63) is 57.6 Å². The summed E-state index contributed by atoms with van der Waals surface area (Å²) in [5.41, 5.74) is 3.20. The summed E-state index contributed by atoms with van der Waals surface area (Å²) < 4.78 is 5.55. The van der Waals surface area contributed by atoms with E-state index < -0.39 is 0 Å². The molecule has 2 aromatic rings. The second kappa shape index (κ2) is 9.76. The number of benzene rings is 2. The Morgan fingerprint density at radius 1 is 1.12 bits per heavy atom. The first-order valence-corrected chi connectivity index (χ1v) is 9.27. The summed E-state index contributed by atoms with van der Waals surface area (Å²) in [6, 6.07) is 10.9. The fourth-order valence-electron chi connectivity index (χ4n) is 2.18. The van der Waals surface area contributed by atoms with Crippen LogP contribution in [0.5, 0.6) is 5.75 Å². The Balaban J connectivity index is 1.71. The first-order valence-electron chi connectivity index (χ1n) is 8.11. The average molecular weight is 411 g/mol. The van der Waals surface area contributed by atoms with Crippen molar-refractivity contribution in [2.24, 2.45) is 0 Å². The van der Waals surface area contributed by atoms with E-state index in [9.17, 15) is 4.79 Å². The monoisotopic (exact) mass is 410 g/mol. The topological polar surface area (TPSA) is 50.4 Å². The molecule has 0 atom stereocenters. The third-order valence-electron chi connectivity index (χ3n) is 3.72. The summed E-state index contributed by atoms with van der Waals surface area (Å²) >= 11 is 17.0. The molecule has 0 spiro atoms. The van der Waals surface area contributed by atoms with Gasteiger partial charge in [-0.15, -0.1) is 0 Å². The molecule has 4 nitrogen and oxygen atoms in total. The number of halogens is 2. The lowest BCUT2D eigenvalue weighted by Gasteiger charge is -2.11. The molecule has 1 amide bonds. The standard InChI is InChI=1S/C19H20Cl2N2O2S/c1-12-5-7-15(10-13(12)2)22-19(26)23-18(24)4-3-9-25-17-8-6-14(20)11-16(17)21/h5-8,10-11H,3-4,9H2,1-2H3,(H2,22,23,24,26). The number of rotatable bonds is 6. The van der Waals surface area contributed by atoms with Gasteiger partial charge in [0.2, 0.25) is 5.91 Å². The van der Waals surface area contributed by atoms with Crippen LogP contribution in [0.25, 0.3) is 0 Å². The van der Waals surface area contributed by atoms with Crippen molar-refractivity contribution in [1.29, 1.82) is 0 Å². The van der Waals surface area contributed by atoms with E-state index in [1.54, 1.807) is 18.2 Å². The van der Waals surface area contributed by atoms with Crippen LogP contribution in [0.3, 0.4) is 0 Å². The Bertz CT molecular complexity index is 812. The van der Waals surface area contributed by atoms with Crippen molar-refractivity contribution in [3.8, 4) is 5.75 Å². The minimum absolute atomic E-state index is 0.169. The lowest BCUT2D eigenvalue weighted by atomic mass is 10.1. The Kier molecular flexibility index (Phi) is 7.69. The van der Waals surface area contributed by atoms with E-state index in [1.807, 2.05) is 32.0 Å². The molecule has 2 rings (SSSR count). The zero-order chi connectivity index (χ0) is 19.1. The van der Waals surface area contributed by atoms with Gasteiger partial charge in [-0.25, -0.2) is 0 Å². The summed E-state index contributed by atoms with van der Waals surface area (Å²) in [5, 5.41) is 6.94. The number of hydrogen-bond donors (Lipinski definition) is 2. The Morgan fingerprint density at radius 2 is 1.88 bits per heavy atom. The number of carbonyl (C=O) groups is 1. The zero-order valence-electron chi connectivity index (χ0n) is 14.6. The summed E-state index contributed by atoms with van der Waals surface area (Å²) in [7, 11) is 0. The van der Waals surface area contributed by atoms with Crippen LogP contribution in [0.15, 0.2) is 36.4 Å². The molecule has 0 heterocycles. The van der Waals surface area contributed by atoms with Gasteiger partial charge in [0.15, 0.2) is 5.11 Å². The highest BCUT2D eigenvalue weighted by atomic mass is 35.5. The maximum absolute atomic E-state index is 11.9. The molecule has 0 radical (unpaired) electrons. The summed E-state index contributed by atoms with van der Waals surface area (Å²) in [4.78, 5) is 11.9. The van der Waals surface area contributed by atoms with Gasteiger partial charge in [0, 0.05) is 17.1 Å². The number of amides is 1. The van der Waals surface area contributed by atoms with E-state index in [2.05, 4.69) is 10.6 Å². The van der Waals surface area contributed by atoms with Gasteiger partial charge in [0.1, 0.15) is 5.75 Å². The molecule has 7 heteroatoms. The van der Waals surface area contributed by atoms with Gasteiger partial charge in [-0.1, -0.05) is 29.3 Å². The van der Waals surface area contributed by atoms with E-state index in [0.29, 0.717) is 35.2 Å². The van der Waals surface area contributed by atoms with Crippen LogP contribution in [0, 0.1) is 13.8 Å². The van der Waals surface area contributed by atoms with Crippen molar-refractivity contribution in [2.75, 3.05) is 11.9 Å². The molecule has 26 heavy (non-hydrogen) atoms. The molecule has 0 saturated carbocycles. The molecule has 138 valence electrons. The summed E-state index contributed by atoms with van der Waals surface area (Å²) in [6.07, 6.45) is 0.830. The van der Waals surface area contributed by atoms with Gasteiger partial charge in [0.05, 0.1) is 11.6 Å². The van der Waals surface area contributed by atoms with Crippen LogP contribution >= 0.6 is 35.4 Å². The molecular weight excluding hydrogens is 391 g/mol. The van der Waals surface area contributed by atoms with Gasteiger partial charge in [-0.05, 0) is 73.9 Å². The first kappa shape index (κ1) is 20.5. The molecule has 0 aromatic heterocycles. The number of nitrogens with one attached hydrogen (secondary N) is 2. The van der Waals surface area contributed by atoms with Crippen molar-refractivity contribution < 1.29 is 9.53 Å². The van der Waals surface area contributed by atoms with Gasteiger partial charge < -0.3 is 15.4 Å². The van der Waals surface area contributed by atoms with E-state index in [0.717, 1.165) is 11.3 Å². The number of thiocarbonyl (C=S) groups is 1. The minimum atomic E-state index is -0.169. The van der Waals surface area contributed by atoms with Crippen molar-refractivity contribution in [1.82, 2.24) is 5.32 Å². The minimum Gasteiger partial charge on any atom is -0.492 e. The van der Waals surface area contributed by atoms with Gasteiger partial charge in [-0.2, -0.15) is 0 Å². The zero-order valence-corrected chi connectivity index (χ0v) is 16.9. The van der Waals surface area contributed by atoms with Crippen LogP contribution < -0.4 is 15.4 Å². The Morgan fingerprint density at radius 3 is 2.58 bits per heavy atom. The van der Waals surface area contributed by atoms with Crippen molar-refractivity contribution in [2.45, 2.75) is 26.7 Å². The summed E-state index contributed by atoms with van der Waals surface area (Å²) in [5.74, 6) is 0.375. The number of anilines is 1. The smallest absolute Gasteiger partial charge is 0.226 e. The highest BCUT2D eigenvalue weighted by Crippen LogP contribution is 2.27. The average Bonchev–Trinajstić information content (AvgIpc) is 2.56. The fourth-order valence-corrected chi connectivity index (χ4v) is 2.87. The van der Waals surface area contributed by atoms with Crippen LogP contribution in [0.4, 0.5) is 5.69 Å². The molecule has 0 unspecified atom stereocenters. The van der Waals surface area contributed by atoms with E-state index >= 15 is 0 Å². The molecule has 0 aliphatic rings. The van der Waals surface area contributed by atoms with Gasteiger partial charge >= 0.3 is 0 Å². The van der Waals surface area contributed by atoms with Gasteiger partial charge in [-0.3, -0.25) is 4.79 Å². The molecule has 0 aliphatic heterocycles. The first-order chi connectivity index (χ1) is 12.3. The Labute approximate surface area is 168 Å². The molecule has 0 bridgehead atoms. The number of hydrogen-bond acceptors (Lipinski definition) is 3. The second-order valence-corrected chi connectivity index (χ2v) is 7.08.